The van der Waals surface area contributed by atoms with Crippen molar-refractivity contribution in [2.45, 2.75) is 100 Å². The third kappa shape index (κ3) is 7.49. The van der Waals surface area contributed by atoms with Crippen LogP contribution in [0.2, 0.25) is 0 Å². The first-order valence-electron chi connectivity index (χ1n) is 8.77. The lowest BCUT2D eigenvalue weighted by Crippen LogP contribution is -2.31. The Morgan fingerprint density at radius 1 is 0.905 bits per heavy atom. The second kappa shape index (κ2) is 8.36. The fourth-order valence-corrected chi connectivity index (χ4v) is 2.24. The maximum atomic E-state index is 5.89. The standard InChI is InChI=1S/C20H40O/c1-10-18(4,5)19(6,7)15-12-13-17(3)14-16-21-20(8,9)11-2/h14H,10-13,15-16H2,1-9H3/b17-14-. The van der Waals surface area contributed by atoms with Gasteiger partial charge in [-0.2, -0.15) is 0 Å². The molecule has 126 valence electrons. The Morgan fingerprint density at radius 2 is 1.48 bits per heavy atom. The quantitative estimate of drug-likeness (QED) is 0.404. The van der Waals surface area contributed by atoms with E-state index < -0.39 is 0 Å². The summed E-state index contributed by atoms with van der Waals surface area (Å²) in [4.78, 5) is 0. The second-order valence-corrected chi connectivity index (χ2v) is 8.45. The highest BCUT2D eigenvalue weighted by molar-refractivity contribution is 4.99. The van der Waals surface area contributed by atoms with Gasteiger partial charge in [0.1, 0.15) is 0 Å². The predicted octanol–water partition coefficient (Wildman–Crippen LogP) is 6.77. The maximum absolute atomic E-state index is 5.89. The van der Waals surface area contributed by atoms with Gasteiger partial charge in [-0.05, 0) is 57.3 Å². The summed E-state index contributed by atoms with van der Waals surface area (Å²) < 4.78 is 5.89. The molecule has 0 unspecified atom stereocenters. The van der Waals surface area contributed by atoms with E-state index in [-0.39, 0.29) is 5.60 Å². The summed E-state index contributed by atoms with van der Waals surface area (Å²) in [6, 6.07) is 0. The largest absolute Gasteiger partial charge is 0.372 e. The Balaban J connectivity index is 4.18. The summed E-state index contributed by atoms with van der Waals surface area (Å²) in [5.41, 5.74) is 2.29. The highest BCUT2D eigenvalue weighted by atomic mass is 16.5. The highest BCUT2D eigenvalue weighted by Crippen LogP contribution is 2.44. The predicted molar refractivity (Wildman–Crippen MR) is 95.8 cm³/mol. The average Bonchev–Trinajstić information content (AvgIpc) is 2.38. The van der Waals surface area contributed by atoms with Crippen LogP contribution in [-0.4, -0.2) is 12.2 Å². The molecule has 0 heterocycles. The SMILES string of the molecule is CCC(C)(C)OC/C=C(/C)CCCC(C)(C)C(C)(C)CC. The Labute approximate surface area is 134 Å². The van der Waals surface area contributed by atoms with Crippen molar-refractivity contribution in [3.63, 3.8) is 0 Å². The fraction of sp³-hybridized carbons (Fsp3) is 0.900. The van der Waals surface area contributed by atoms with Crippen LogP contribution in [0.25, 0.3) is 0 Å². The van der Waals surface area contributed by atoms with Gasteiger partial charge in [0.15, 0.2) is 0 Å². The van der Waals surface area contributed by atoms with Crippen LogP contribution in [-0.2, 0) is 4.74 Å². The van der Waals surface area contributed by atoms with E-state index in [0.717, 1.165) is 13.0 Å². The molecular formula is C20H40O. The van der Waals surface area contributed by atoms with E-state index in [4.69, 9.17) is 4.74 Å². The van der Waals surface area contributed by atoms with E-state index >= 15 is 0 Å². The van der Waals surface area contributed by atoms with Gasteiger partial charge in [-0.15, -0.1) is 0 Å². The molecule has 0 N–H and O–H groups in total. The summed E-state index contributed by atoms with van der Waals surface area (Å²) in [5.74, 6) is 0. The molecule has 0 aliphatic carbocycles. The van der Waals surface area contributed by atoms with Crippen LogP contribution in [0.5, 0.6) is 0 Å². The summed E-state index contributed by atoms with van der Waals surface area (Å²) in [5, 5.41) is 0. The minimum Gasteiger partial charge on any atom is -0.372 e. The number of hydrogen-bond donors (Lipinski definition) is 0. The van der Waals surface area contributed by atoms with E-state index in [1.165, 1.54) is 31.3 Å². The monoisotopic (exact) mass is 296 g/mol. The molecule has 0 bridgehead atoms. The third-order valence-electron chi connectivity index (χ3n) is 5.85. The third-order valence-corrected chi connectivity index (χ3v) is 5.85. The summed E-state index contributed by atoms with van der Waals surface area (Å²) >= 11 is 0. The Kier molecular flexibility index (Phi) is 8.24. The van der Waals surface area contributed by atoms with Crippen molar-refractivity contribution >= 4 is 0 Å². The molecule has 1 heteroatoms. The highest BCUT2D eigenvalue weighted by Gasteiger charge is 2.34. The topological polar surface area (TPSA) is 9.23 Å². The van der Waals surface area contributed by atoms with E-state index in [2.05, 4.69) is 68.4 Å². The number of hydrogen-bond acceptors (Lipinski definition) is 1. The minimum atomic E-state index is 0.00389. The van der Waals surface area contributed by atoms with E-state index in [1.807, 2.05) is 0 Å². The minimum absolute atomic E-state index is 0.00389. The lowest BCUT2D eigenvalue weighted by Gasteiger charge is -2.41. The van der Waals surface area contributed by atoms with E-state index in [1.54, 1.807) is 0 Å². The van der Waals surface area contributed by atoms with E-state index in [0.29, 0.717) is 10.8 Å². The number of ether oxygens (including phenoxy) is 1. The molecule has 1 nitrogen and oxygen atoms in total. The number of rotatable bonds is 10. The smallest absolute Gasteiger partial charge is 0.0657 e. The molecule has 0 aliphatic heterocycles. The molecule has 0 atom stereocenters. The van der Waals surface area contributed by atoms with Crippen LogP contribution in [0.1, 0.15) is 94.4 Å². The molecule has 0 saturated carbocycles. The molecule has 0 radical (unpaired) electrons. The van der Waals surface area contributed by atoms with Gasteiger partial charge in [-0.25, -0.2) is 0 Å². The molecule has 0 rings (SSSR count). The van der Waals surface area contributed by atoms with Crippen LogP contribution in [0, 0.1) is 10.8 Å². The van der Waals surface area contributed by atoms with Crippen LogP contribution in [0.15, 0.2) is 11.6 Å². The van der Waals surface area contributed by atoms with Crippen molar-refractivity contribution in [2.75, 3.05) is 6.61 Å². The molecule has 0 aromatic carbocycles. The Bertz CT molecular complexity index is 321. The average molecular weight is 297 g/mol. The Hall–Kier alpha value is -0.300. The number of allylic oxidation sites excluding steroid dienone is 1. The first-order chi connectivity index (χ1) is 9.47. The molecule has 0 aromatic rings. The lowest BCUT2D eigenvalue weighted by atomic mass is 9.64. The normalized spacial score (nSPS) is 14.6. The molecule has 0 spiro atoms. The Morgan fingerprint density at radius 3 is 1.95 bits per heavy atom. The van der Waals surface area contributed by atoms with Gasteiger partial charge in [-0.1, -0.05) is 59.6 Å². The first kappa shape index (κ1) is 20.7. The molecule has 21 heavy (non-hydrogen) atoms. The zero-order valence-electron chi connectivity index (χ0n) is 16.2. The van der Waals surface area contributed by atoms with Crippen molar-refractivity contribution in [3.05, 3.63) is 11.6 Å². The van der Waals surface area contributed by atoms with Crippen LogP contribution in [0.3, 0.4) is 0 Å². The van der Waals surface area contributed by atoms with Gasteiger partial charge in [0.05, 0.1) is 12.2 Å². The molecule has 0 aliphatic rings. The summed E-state index contributed by atoms with van der Waals surface area (Å²) in [7, 11) is 0. The fourth-order valence-electron chi connectivity index (χ4n) is 2.24. The zero-order valence-corrected chi connectivity index (χ0v) is 16.2. The van der Waals surface area contributed by atoms with Gasteiger partial charge in [-0.3, -0.25) is 0 Å². The molecule has 0 amide bonds. The van der Waals surface area contributed by atoms with Gasteiger partial charge >= 0.3 is 0 Å². The van der Waals surface area contributed by atoms with Gasteiger partial charge in [0, 0.05) is 0 Å². The van der Waals surface area contributed by atoms with Crippen molar-refractivity contribution < 1.29 is 4.74 Å². The van der Waals surface area contributed by atoms with E-state index in [9.17, 15) is 0 Å². The van der Waals surface area contributed by atoms with Crippen molar-refractivity contribution in [3.8, 4) is 0 Å². The summed E-state index contributed by atoms with van der Waals surface area (Å²) in [6.07, 6.45) is 8.32. The zero-order chi connectivity index (χ0) is 16.7. The molecule has 0 aromatic heterocycles. The van der Waals surface area contributed by atoms with Crippen molar-refractivity contribution in [1.29, 1.82) is 0 Å². The maximum Gasteiger partial charge on any atom is 0.0657 e. The molecule has 0 fully saturated rings. The van der Waals surface area contributed by atoms with Gasteiger partial charge in [0.2, 0.25) is 0 Å². The van der Waals surface area contributed by atoms with Gasteiger partial charge < -0.3 is 4.74 Å². The summed E-state index contributed by atoms with van der Waals surface area (Å²) in [6.45, 7) is 21.4. The first-order valence-corrected chi connectivity index (χ1v) is 8.77. The van der Waals surface area contributed by atoms with Crippen LogP contribution < -0.4 is 0 Å². The lowest BCUT2D eigenvalue weighted by molar-refractivity contribution is -0.00374. The van der Waals surface area contributed by atoms with Crippen LogP contribution in [0.4, 0.5) is 0 Å². The molecular weight excluding hydrogens is 256 g/mol. The van der Waals surface area contributed by atoms with Crippen molar-refractivity contribution in [2.24, 2.45) is 10.8 Å². The second-order valence-electron chi connectivity index (χ2n) is 8.45. The van der Waals surface area contributed by atoms with Gasteiger partial charge in [0.25, 0.3) is 0 Å². The molecule has 0 saturated heterocycles. The van der Waals surface area contributed by atoms with Crippen LogP contribution >= 0.6 is 0 Å². The van der Waals surface area contributed by atoms with Crippen molar-refractivity contribution in [1.82, 2.24) is 0 Å².